The summed E-state index contributed by atoms with van der Waals surface area (Å²) in [6.07, 6.45) is 2.57. The number of nitrogens with zero attached hydrogens (tertiary/aromatic N) is 2. The summed E-state index contributed by atoms with van der Waals surface area (Å²) < 4.78 is 0. The molecule has 1 saturated heterocycles. The van der Waals surface area contributed by atoms with Gasteiger partial charge in [-0.25, -0.2) is 0 Å². The van der Waals surface area contributed by atoms with Crippen molar-refractivity contribution in [1.29, 1.82) is 0 Å². The van der Waals surface area contributed by atoms with Crippen molar-refractivity contribution in [3.8, 4) is 0 Å². The average Bonchev–Trinajstić information content (AvgIpc) is 2.79. The van der Waals surface area contributed by atoms with E-state index in [0.717, 1.165) is 6.54 Å². The third-order valence-electron chi connectivity index (χ3n) is 3.65. The molecule has 17 heavy (non-hydrogen) atoms. The predicted molar refractivity (Wildman–Crippen MR) is 73.5 cm³/mol. The maximum absolute atomic E-state index is 4.04. The molecule has 2 heteroatoms. The fourth-order valence-corrected chi connectivity index (χ4v) is 2.86. The highest BCUT2D eigenvalue weighted by atomic mass is 15.2. The zero-order valence-electron chi connectivity index (χ0n) is 10.9. The molecular formula is C15H22N2. The maximum Gasteiger partial charge on any atom is 0.0635 e. The Hall–Kier alpha value is -1.15. The molecule has 1 aromatic rings. The largest absolute Gasteiger partial charge is 0.296 e. The molecular weight excluding hydrogens is 208 g/mol. The van der Waals surface area contributed by atoms with Gasteiger partial charge in [0.25, 0.3) is 0 Å². The van der Waals surface area contributed by atoms with Gasteiger partial charge >= 0.3 is 0 Å². The van der Waals surface area contributed by atoms with Crippen molar-refractivity contribution in [2.75, 3.05) is 6.54 Å². The lowest BCUT2D eigenvalue weighted by molar-refractivity contribution is 0.205. The van der Waals surface area contributed by atoms with Gasteiger partial charge in [-0.05, 0) is 51.1 Å². The molecule has 0 N–H and O–H groups in total. The van der Waals surface area contributed by atoms with Crippen LogP contribution in [0, 0.1) is 0 Å². The van der Waals surface area contributed by atoms with Gasteiger partial charge in [0.1, 0.15) is 0 Å². The van der Waals surface area contributed by atoms with Crippen LogP contribution in [0.1, 0.15) is 43.9 Å². The Kier molecular flexibility index (Phi) is 3.95. The molecule has 0 bridgehead atoms. The molecule has 92 valence electrons. The Morgan fingerprint density at radius 2 is 2.18 bits per heavy atom. The molecule has 1 heterocycles. The molecule has 0 aromatic heterocycles. The minimum atomic E-state index is 0.577. The third-order valence-corrected chi connectivity index (χ3v) is 3.65. The van der Waals surface area contributed by atoms with Crippen molar-refractivity contribution >= 4 is 6.72 Å². The van der Waals surface area contributed by atoms with Gasteiger partial charge in [-0.1, -0.05) is 24.3 Å². The van der Waals surface area contributed by atoms with Crippen molar-refractivity contribution in [1.82, 2.24) is 4.90 Å². The fraction of sp³-hybridized carbons (Fsp3) is 0.533. The first kappa shape index (κ1) is 12.3. The Morgan fingerprint density at radius 1 is 1.41 bits per heavy atom. The van der Waals surface area contributed by atoms with Crippen LogP contribution in [0.5, 0.6) is 0 Å². The maximum atomic E-state index is 4.04. The molecule has 0 saturated carbocycles. The Balaban J connectivity index is 2.29. The summed E-state index contributed by atoms with van der Waals surface area (Å²) in [5.41, 5.74) is 2.78. The number of benzene rings is 1. The normalized spacial score (nSPS) is 21.0. The van der Waals surface area contributed by atoms with E-state index in [0.29, 0.717) is 12.1 Å². The van der Waals surface area contributed by atoms with Crippen LogP contribution in [0.2, 0.25) is 0 Å². The van der Waals surface area contributed by atoms with Gasteiger partial charge < -0.3 is 0 Å². The van der Waals surface area contributed by atoms with Gasteiger partial charge in [0.05, 0.1) is 6.54 Å². The highest BCUT2D eigenvalue weighted by molar-refractivity contribution is 5.33. The van der Waals surface area contributed by atoms with Gasteiger partial charge in [0.2, 0.25) is 0 Å². The molecule has 1 atom stereocenters. The Labute approximate surface area is 104 Å². The second kappa shape index (κ2) is 5.46. The van der Waals surface area contributed by atoms with E-state index in [9.17, 15) is 0 Å². The molecule has 2 nitrogen and oxygen atoms in total. The number of aliphatic imine (C=N–C) groups is 1. The number of hydrogen-bond acceptors (Lipinski definition) is 2. The minimum Gasteiger partial charge on any atom is -0.296 e. The van der Waals surface area contributed by atoms with E-state index in [1.54, 1.807) is 0 Å². The first-order valence-electron chi connectivity index (χ1n) is 6.50. The first-order valence-corrected chi connectivity index (χ1v) is 6.50. The van der Waals surface area contributed by atoms with Crippen LogP contribution in [0.3, 0.4) is 0 Å². The second-order valence-electron chi connectivity index (χ2n) is 5.07. The minimum absolute atomic E-state index is 0.577. The Bertz CT molecular complexity index is 384. The molecule has 1 fully saturated rings. The van der Waals surface area contributed by atoms with Crippen molar-refractivity contribution in [2.45, 2.75) is 45.3 Å². The van der Waals surface area contributed by atoms with Crippen LogP contribution in [-0.4, -0.2) is 24.2 Å². The molecule has 2 rings (SSSR count). The van der Waals surface area contributed by atoms with E-state index in [1.807, 2.05) is 0 Å². The quantitative estimate of drug-likeness (QED) is 0.723. The lowest BCUT2D eigenvalue weighted by Crippen LogP contribution is -2.30. The number of hydrogen-bond donors (Lipinski definition) is 0. The van der Waals surface area contributed by atoms with E-state index in [4.69, 9.17) is 0 Å². The number of likely N-dealkylation sites (tertiary alicyclic amines) is 1. The average molecular weight is 230 g/mol. The topological polar surface area (TPSA) is 15.6 Å². The van der Waals surface area contributed by atoms with E-state index < -0.39 is 0 Å². The molecule has 0 unspecified atom stereocenters. The monoisotopic (exact) mass is 230 g/mol. The lowest BCUT2D eigenvalue weighted by Gasteiger charge is -2.29. The van der Waals surface area contributed by atoms with Crippen LogP contribution in [0.4, 0.5) is 0 Å². The summed E-state index contributed by atoms with van der Waals surface area (Å²) in [6.45, 7) is 10.1. The van der Waals surface area contributed by atoms with E-state index in [2.05, 4.69) is 54.7 Å². The van der Waals surface area contributed by atoms with Crippen molar-refractivity contribution in [2.24, 2.45) is 4.99 Å². The van der Waals surface area contributed by atoms with Gasteiger partial charge in [-0.2, -0.15) is 0 Å². The zero-order valence-corrected chi connectivity index (χ0v) is 10.9. The lowest BCUT2D eigenvalue weighted by atomic mass is 9.98. The van der Waals surface area contributed by atoms with Gasteiger partial charge in [0, 0.05) is 12.1 Å². The number of rotatable bonds is 4. The zero-order chi connectivity index (χ0) is 12.3. The van der Waals surface area contributed by atoms with Crippen molar-refractivity contribution in [3.05, 3.63) is 35.4 Å². The van der Waals surface area contributed by atoms with Crippen LogP contribution < -0.4 is 0 Å². The summed E-state index contributed by atoms with van der Waals surface area (Å²) in [5.74, 6) is 0. The third kappa shape index (κ3) is 2.58. The molecule has 1 aliphatic rings. The summed E-state index contributed by atoms with van der Waals surface area (Å²) in [5, 5.41) is 0. The van der Waals surface area contributed by atoms with E-state index in [1.165, 1.54) is 30.5 Å². The van der Waals surface area contributed by atoms with Crippen molar-refractivity contribution in [3.63, 3.8) is 0 Å². The van der Waals surface area contributed by atoms with Gasteiger partial charge in [-0.3, -0.25) is 9.89 Å². The second-order valence-corrected chi connectivity index (χ2v) is 5.07. The SMILES string of the molecule is C=NCc1ccccc1[C@@H]1CCCN1C(C)C. The molecule has 0 spiro atoms. The van der Waals surface area contributed by atoms with Gasteiger partial charge in [0.15, 0.2) is 0 Å². The molecule has 0 amide bonds. The van der Waals surface area contributed by atoms with Crippen LogP contribution in [0.25, 0.3) is 0 Å². The van der Waals surface area contributed by atoms with E-state index >= 15 is 0 Å². The summed E-state index contributed by atoms with van der Waals surface area (Å²) in [7, 11) is 0. The van der Waals surface area contributed by atoms with Crippen LogP contribution >= 0.6 is 0 Å². The highest BCUT2D eigenvalue weighted by Crippen LogP contribution is 2.35. The summed E-state index contributed by atoms with van der Waals surface area (Å²) in [6, 6.07) is 9.87. The summed E-state index contributed by atoms with van der Waals surface area (Å²) in [4.78, 5) is 6.64. The van der Waals surface area contributed by atoms with Crippen molar-refractivity contribution < 1.29 is 0 Å². The molecule has 1 aromatic carbocycles. The molecule has 1 aliphatic heterocycles. The molecule has 0 aliphatic carbocycles. The standard InChI is InChI=1S/C15H22N2/c1-12(2)17-10-6-9-15(17)14-8-5-4-7-13(14)11-16-3/h4-5,7-8,12,15H,3,6,9-11H2,1-2H3/t15-/m0/s1. The first-order chi connectivity index (χ1) is 8.24. The van der Waals surface area contributed by atoms with Crippen LogP contribution in [0.15, 0.2) is 29.3 Å². The Morgan fingerprint density at radius 3 is 2.88 bits per heavy atom. The van der Waals surface area contributed by atoms with E-state index in [-0.39, 0.29) is 0 Å². The summed E-state index contributed by atoms with van der Waals surface area (Å²) >= 11 is 0. The fourth-order valence-electron chi connectivity index (χ4n) is 2.86. The smallest absolute Gasteiger partial charge is 0.0635 e. The van der Waals surface area contributed by atoms with Gasteiger partial charge in [-0.15, -0.1) is 0 Å². The molecule has 0 radical (unpaired) electrons. The van der Waals surface area contributed by atoms with Crippen LogP contribution in [-0.2, 0) is 6.54 Å². The highest BCUT2D eigenvalue weighted by Gasteiger charge is 2.28. The predicted octanol–water partition coefficient (Wildman–Crippen LogP) is 3.43.